The quantitative estimate of drug-likeness (QED) is 0.830. The SMILES string of the molecule is Cc1cc(F)cc(NC(=O)c2c(F)ccc(N)c2F)c1. The normalized spacial score (nSPS) is 10.4. The van der Waals surface area contributed by atoms with Gasteiger partial charge in [-0.25, -0.2) is 13.2 Å². The molecule has 0 bridgehead atoms. The lowest BCUT2D eigenvalue weighted by Gasteiger charge is -2.09. The fraction of sp³-hybridized carbons (Fsp3) is 0.0714. The second kappa shape index (κ2) is 5.24. The van der Waals surface area contributed by atoms with E-state index in [1.807, 2.05) is 0 Å². The number of hydrogen-bond donors (Lipinski definition) is 2. The van der Waals surface area contributed by atoms with Crippen LogP contribution >= 0.6 is 0 Å². The van der Waals surface area contributed by atoms with Crippen LogP contribution in [0, 0.1) is 24.4 Å². The molecule has 0 saturated heterocycles. The number of halogens is 3. The third-order valence-electron chi connectivity index (χ3n) is 2.65. The van der Waals surface area contributed by atoms with E-state index >= 15 is 0 Å². The number of nitrogens with one attached hydrogen (secondary N) is 1. The summed E-state index contributed by atoms with van der Waals surface area (Å²) in [5.74, 6) is -3.77. The average Bonchev–Trinajstić information content (AvgIpc) is 2.33. The smallest absolute Gasteiger partial charge is 0.261 e. The minimum atomic E-state index is -1.14. The lowest BCUT2D eigenvalue weighted by atomic mass is 10.1. The molecule has 0 spiro atoms. The number of nitrogens with two attached hydrogens (primary N) is 1. The number of rotatable bonds is 2. The summed E-state index contributed by atoms with van der Waals surface area (Å²) >= 11 is 0. The second-order valence-electron chi connectivity index (χ2n) is 4.30. The van der Waals surface area contributed by atoms with Crippen molar-refractivity contribution in [2.75, 3.05) is 11.1 Å². The molecule has 6 heteroatoms. The molecule has 0 radical (unpaired) electrons. The van der Waals surface area contributed by atoms with E-state index in [4.69, 9.17) is 5.73 Å². The van der Waals surface area contributed by atoms with E-state index in [0.29, 0.717) is 5.56 Å². The Kier molecular flexibility index (Phi) is 3.65. The first kappa shape index (κ1) is 13.9. The molecule has 20 heavy (non-hydrogen) atoms. The van der Waals surface area contributed by atoms with Crippen molar-refractivity contribution in [1.82, 2.24) is 0 Å². The van der Waals surface area contributed by atoms with Gasteiger partial charge in [0.2, 0.25) is 0 Å². The number of amides is 1. The number of carbonyl (C=O) groups excluding carboxylic acids is 1. The zero-order chi connectivity index (χ0) is 14.9. The third-order valence-corrected chi connectivity index (χ3v) is 2.65. The Hall–Kier alpha value is -2.50. The van der Waals surface area contributed by atoms with E-state index in [0.717, 1.165) is 18.2 Å². The van der Waals surface area contributed by atoms with Gasteiger partial charge >= 0.3 is 0 Å². The standard InChI is InChI=1S/C14H11F3N2O/c1-7-4-8(15)6-9(5-7)19-14(20)12-10(16)2-3-11(18)13(12)17/h2-6H,18H2,1H3,(H,19,20). The summed E-state index contributed by atoms with van der Waals surface area (Å²) in [4.78, 5) is 11.9. The van der Waals surface area contributed by atoms with E-state index in [-0.39, 0.29) is 11.4 Å². The van der Waals surface area contributed by atoms with Gasteiger partial charge in [0.1, 0.15) is 17.2 Å². The lowest BCUT2D eigenvalue weighted by molar-refractivity contribution is 0.101. The Morgan fingerprint density at radius 2 is 1.85 bits per heavy atom. The van der Waals surface area contributed by atoms with Crippen LogP contribution in [-0.4, -0.2) is 5.91 Å². The number of benzene rings is 2. The Morgan fingerprint density at radius 1 is 1.15 bits per heavy atom. The summed E-state index contributed by atoms with van der Waals surface area (Å²) in [6.07, 6.45) is 0. The molecule has 2 aromatic carbocycles. The Morgan fingerprint density at radius 3 is 2.50 bits per heavy atom. The average molecular weight is 280 g/mol. The van der Waals surface area contributed by atoms with Crippen molar-refractivity contribution in [1.29, 1.82) is 0 Å². The van der Waals surface area contributed by atoms with Gasteiger partial charge in [0.25, 0.3) is 5.91 Å². The van der Waals surface area contributed by atoms with Gasteiger partial charge < -0.3 is 11.1 Å². The molecule has 3 N–H and O–H groups in total. The lowest BCUT2D eigenvalue weighted by Crippen LogP contribution is -2.17. The first-order valence-corrected chi connectivity index (χ1v) is 5.70. The number of hydrogen-bond acceptors (Lipinski definition) is 2. The minimum Gasteiger partial charge on any atom is -0.396 e. The minimum absolute atomic E-state index is 0.105. The molecular weight excluding hydrogens is 269 g/mol. The number of nitrogen functional groups attached to an aromatic ring is 1. The Labute approximate surface area is 113 Å². The highest BCUT2D eigenvalue weighted by Crippen LogP contribution is 2.21. The molecule has 3 nitrogen and oxygen atoms in total. The maximum Gasteiger partial charge on any atom is 0.261 e. The van der Waals surface area contributed by atoms with Gasteiger partial charge in [-0.05, 0) is 42.8 Å². The van der Waals surface area contributed by atoms with Crippen LogP contribution in [0.15, 0.2) is 30.3 Å². The molecule has 0 atom stereocenters. The van der Waals surface area contributed by atoms with Gasteiger partial charge in [0.15, 0.2) is 5.82 Å². The molecule has 1 amide bonds. The van der Waals surface area contributed by atoms with Crippen molar-refractivity contribution in [3.8, 4) is 0 Å². The molecule has 0 aliphatic carbocycles. The molecule has 0 aromatic heterocycles. The summed E-state index contributed by atoms with van der Waals surface area (Å²) in [6, 6.07) is 5.70. The van der Waals surface area contributed by atoms with Gasteiger partial charge in [-0.1, -0.05) is 0 Å². The van der Waals surface area contributed by atoms with Crippen molar-refractivity contribution in [3.05, 3.63) is 58.9 Å². The van der Waals surface area contributed by atoms with Crippen LogP contribution < -0.4 is 11.1 Å². The van der Waals surface area contributed by atoms with Crippen molar-refractivity contribution < 1.29 is 18.0 Å². The van der Waals surface area contributed by atoms with Crippen LogP contribution in [0.25, 0.3) is 0 Å². The van der Waals surface area contributed by atoms with Crippen LogP contribution in [0.2, 0.25) is 0 Å². The zero-order valence-electron chi connectivity index (χ0n) is 10.5. The molecule has 0 fully saturated rings. The fourth-order valence-corrected chi connectivity index (χ4v) is 1.78. The van der Waals surface area contributed by atoms with Crippen LogP contribution in [0.5, 0.6) is 0 Å². The van der Waals surface area contributed by atoms with Crippen LogP contribution in [-0.2, 0) is 0 Å². The molecule has 0 heterocycles. The van der Waals surface area contributed by atoms with Crippen LogP contribution in [0.1, 0.15) is 15.9 Å². The first-order valence-electron chi connectivity index (χ1n) is 5.70. The summed E-state index contributed by atoms with van der Waals surface area (Å²) in [5, 5.41) is 2.23. The van der Waals surface area contributed by atoms with E-state index in [1.54, 1.807) is 6.92 Å². The number of anilines is 2. The van der Waals surface area contributed by atoms with E-state index < -0.39 is 28.9 Å². The summed E-state index contributed by atoms with van der Waals surface area (Å²) < 4.78 is 40.4. The predicted octanol–water partition coefficient (Wildman–Crippen LogP) is 3.25. The second-order valence-corrected chi connectivity index (χ2v) is 4.30. The number of carbonyl (C=O) groups is 1. The highest BCUT2D eigenvalue weighted by molar-refractivity contribution is 6.05. The topological polar surface area (TPSA) is 55.1 Å². The van der Waals surface area contributed by atoms with E-state index in [2.05, 4.69) is 5.32 Å². The van der Waals surface area contributed by atoms with Crippen molar-refractivity contribution >= 4 is 17.3 Å². The van der Waals surface area contributed by atoms with Crippen LogP contribution in [0.4, 0.5) is 24.5 Å². The van der Waals surface area contributed by atoms with Crippen LogP contribution in [0.3, 0.4) is 0 Å². The van der Waals surface area contributed by atoms with Gasteiger partial charge in [0, 0.05) is 5.69 Å². The van der Waals surface area contributed by atoms with Gasteiger partial charge in [-0.3, -0.25) is 4.79 Å². The van der Waals surface area contributed by atoms with Crippen molar-refractivity contribution in [2.45, 2.75) is 6.92 Å². The molecule has 0 aliphatic rings. The molecule has 2 aromatic rings. The zero-order valence-corrected chi connectivity index (χ0v) is 10.5. The number of aryl methyl sites for hydroxylation is 1. The molecule has 104 valence electrons. The van der Waals surface area contributed by atoms with E-state index in [9.17, 15) is 18.0 Å². The molecule has 2 rings (SSSR count). The molecule has 0 aliphatic heterocycles. The highest BCUT2D eigenvalue weighted by Gasteiger charge is 2.19. The summed E-state index contributed by atoms with van der Waals surface area (Å²) in [7, 11) is 0. The highest BCUT2D eigenvalue weighted by atomic mass is 19.1. The Balaban J connectivity index is 2.35. The van der Waals surface area contributed by atoms with Crippen molar-refractivity contribution in [3.63, 3.8) is 0 Å². The summed E-state index contributed by atoms with van der Waals surface area (Å²) in [5.41, 5.74) is 4.82. The van der Waals surface area contributed by atoms with Crippen molar-refractivity contribution in [2.24, 2.45) is 0 Å². The maximum absolute atomic E-state index is 13.7. The molecule has 0 saturated carbocycles. The molecular formula is C14H11F3N2O. The monoisotopic (exact) mass is 280 g/mol. The predicted molar refractivity (Wildman–Crippen MR) is 69.9 cm³/mol. The van der Waals surface area contributed by atoms with Gasteiger partial charge in [0.05, 0.1) is 5.69 Å². The van der Waals surface area contributed by atoms with E-state index in [1.165, 1.54) is 12.1 Å². The summed E-state index contributed by atoms with van der Waals surface area (Å²) in [6.45, 7) is 1.63. The maximum atomic E-state index is 13.7. The molecule has 0 unspecified atom stereocenters. The Bertz CT molecular complexity index is 666. The largest absolute Gasteiger partial charge is 0.396 e. The fourth-order valence-electron chi connectivity index (χ4n) is 1.78. The van der Waals surface area contributed by atoms with Gasteiger partial charge in [-0.2, -0.15) is 0 Å². The third kappa shape index (κ3) is 2.74. The van der Waals surface area contributed by atoms with Gasteiger partial charge in [-0.15, -0.1) is 0 Å². The first-order chi connectivity index (χ1) is 9.38.